The van der Waals surface area contributed by atoms with Crippen molar-refractivity contribution in [3.05, 3.63) is 0 Å². The number of carbonyl (C=O) groups excluding carboxylic acids is 1. The molecule has 86 valence electrons. The first-order valence-electron chi connectivity index (χ1n) is 5.51. The van der Waals surface area contributed by atoms with Gasteiger partial charge in [0.15, 0.2) is 0 Å². The lowest BCUT2D eigenvalue weighted by Gasteiger charge is -2.21. The number of hydrogen-bond acceptors (Lipinski definition) is 2. The predicted octanol–water partition coefficient (Wildman–Crippen LogP) is 0.896. The highest BCUT2D eigenvalue weighted by atomic mass is 16.2. The molecule has 1 fully saturated rings. The van der Waals surface area contributed by atoms with E-state index >= 15 is 0 Å². The number of carbonyl (C=O) groups is 1. The van der Waals surface area contributed by atoms with E-state index in [0.29, 0.717) is 6.42 Å². The Balaban J connectivity index is 2.36. The maximum Gasteiger partial charge on any atom is 0.317 e. The van der Waals surface area contributed by atoms with Gasteiger partial charge in [0.25, 0.3) is 0 Å². The van der Waals surface area contributed by atoms with Crippen LogP contribution < -0.4 is 11.1 Å². The number of urea groups is 1. The molecule has 1 atom stereocenters. The van der Waals surface area contributed by atoms with E-state index in [2.05, 4.69) is 5.32 Å². The minimum Gasteiger partial charge on any atom is -0.388 e. The molecule has 1 unspecified atom stereocenters. The molecular weight excluding hydrogens is 192 g/mol. The quantitative estimate of drug-likeness (QED) is 0.478. The summed E-state index contributed by atoms with van der Waals surface area (Å²) in [6, 6.07) is -0.0174. The monoisotopic (exact) mass is 212 g/mol. The zero-order chi connectivity index (χ0) is 11.3. The van der Waals surface area contributed by atoms with Gasteiger partial charge in [-0.05, 0) is 19.3 Å². The SMILES string of the molecule is CCC(CC(=N)N)NC(=O)N1CCCC1. The average Bonchev–Trinajstić information content (AvgIpc) is 2.68. The van der Waals surface area contributed by atoms with Gasteiger partial charge >= 0.3 is 6.03 Å². The zero-order valence-electron chi connectivity index (χ0n) is 9.25. The predicted molar refractivity (Wildman–Crippen MR) is 59.9 cm³/mol. The summed E-state index contributed by atoms with van der Waals surface area (Å²) in [4.78, 5) is 13.5. The summed E-state index contributed by atoms with van der Waals surface area (Å²) < 4.78 is 0. The van der Waals surface area contributed by atoms with Crippen LogP contribution in [-0.2, 0) is 0 Å². The maximum atomic E-state index is 11.7. The summed E-state index contributed by atoms with van der Waals surface area (Å²) >= 11 is 0. The third kappa shape index (κ3) is 3.77. The smallest absolute Gasteiger partial charge is 0.317 e. The summed E-state index contributed by atoms with van der Waals surface area (Å²) in [7, 11) is 0. The highest BCUT2D eigenvalue weighted by Crippen LogP contribution is 2.08. The zero-order valence-corrected chi connectivity index (χ0v) is 9.25. The van der Waals surface area contributed by atoms with E-state index < -0.39 is 0 Å². The molecule has 0 aromatic carbocycles. The molecule has 0 aromatic heterocycles. The third-order valence-electron chi connectivity index (χ3n) is 2.68. The van der Waals surface area contributed by atoms with Gasteiger partial charge in [-0.25, -0.2) is 4.79 Å². The number of nitrogens with one attached hydrogen (secondary N) is 2. The molecule has 0 bridgehead atoms. The van der Waals surface area contributed by atoms with Crippen molar-refractivity contribution in [3.63, 3.8) is 0 Å². The molecule has 0 aliphatic carbocycles. The fraction of sp³-hybridized carbons (Fsp3) is 0.800. The molecule has 0 radical (unpaired) electrons. The molecule has 5 heteroatoms. The second kappa shape index (κ2) is 5.58. The summed E-state index contributed by atoms with van der Waals surface area (Å²) in [5.41, 5.74) is 5.32. The number of amides is 2. The first-order chi connectivity index (χ1) is 7.13. The first kappa shape index (κ1) is 11.8. The van der Waals surface area contributed by atoms with Crippen LogP contribution in [-0.4, -0.2) is 35.9 Å². The van der Waals surface area contributed by atoms with Crippen LogP contribution in [0.3, 0.4) is 0 Å². The number of hydrogen-bond donors (Lipinski definition) is 3. The van der Waals surface area contributed by atoms with Crippen molar-refractivity contribution in [1.29, 1.82) is 5.41 Å². The van der Waals surface area contributed by atoms with Gasteiger partial charge in [0.2, 0.25) is 0 Å². The van der Waals surface area contributed by atoms with E-state index in [1.54, 1.807) is 0 Å². The molecule has 4 N–H and O–H groups in total. The van der Waals surface area contributed by atoms with Gasteiger partial charge < -0.3 is 16.0 Å². The minimum atomic E-state index is -0.0133. The first-order valence-corrected chi connectivity index (χ1v) is 5.51. The van der Waals surface area contributed by atoms with Crippen LogP contribution in [0, 0.1) is 5.41 Å². The Bertz CT molecular complexity index is 236. The highest BCUT2D eigenvalue weighted by Gasteiger charge is 2.20. The van der Waals surface area contributed by atoms with Crippen molar-refractivity contribution >= 4 is 11.9 Å². The van der Waals surface area contributed by atoms with Crippen LogP contribution in [0.25, 0.3) is 0 Å². The van der Waals surface area contributed by atoms with E-state index in [1.807, 2.05) is 11.8 Å². The highest BCUT2D eigenvalue weighted by molar-refractivity contribution is 5.79. The lowest BCUT2D eigenvalue weighted by Crippen LogP contribution is -2.44. The lowest BCUT2D eigenvalue weighted by atomic mass is 10.1. The van der Waals surface area contributed by atoms with Crippen LogP contribution in [0.15, 0.2) is 0 Å². The number of rotatable bonds is 4. The Morgan fingerprint density at radius 3 is 2.60 bits per heavy atom. The molecule has 0 aromatic rings. The van der Waals surface area contributed by atoms with Crippen molar-refractivity contribution < 1.29 is 4.79 Å². The van der Waals surface area contributed by atoms with Gasteiger partial charge in [0.1, 0.15) is 0 Å². The average molecular weight is 212 g/mol. The Hall–Kier alpha value is -1.26. The normalized spacial score (nSPS) is 17.5. The molecule has 1 rings (SSSR count). The van der Waals surface area contributed by atoms with Gasteiger partial charge in [0.05, 0.1) is 5.84 Å². The van der Waals surface area contributed by atoms with Crippen molar-refractivity contribution in [2.45, 2.75) is 38.6 Å². The molecule has 5 nitrogen and oxygen atoms in total. The van der Waals surface area contributed by atoms with Crippen LogP contribution in [0.1, 0.15) is 32.6 Å². The summed E-state index contributed by atoms with van der Waals surface area (Å²) in [5, 5.41) is 10.1. The molecule has 15 heavy (non-hydrogen) atoms. The molecule has 2 amide bonds. The van der Waals surface area contributed by atoms with Crippen molar-refractivity contribution in [2.24, 2.45) is 5.73 Å². The number of amidine groups is 1. The molecule has 1 heterocycles. The molecular formula is C10H20N4O. The van der Waals surface area contributed by atoms with E-state index in [4.69, 9.17) is 11.1 Å². The Morgan fingerprint density at radius 1 is 1.53 bits per heavy atom. The van der Waals surface area contributed by atoms with Gasteiger partial charge in [-0.2, -0.15) is 0 Å². The van der Waals surface area contributed by atoms with Crippen LogP contribution in [0.4, 0.5) is 4.79 Å². The second-order valence-electron chi connectivity index (χ2n) is 3.98. The van der Waals surface area contributed by atoms with E-state index in [0.717, 1.165) is 32.4 Å². The van der Waals surface area contributed by atoms with Crippen molar-refractivity contribution in [2.75, 3.05) is 13.1 Å². The Kier molecular flexibility index (Phi) is 4.39. The second-order valence-corrected chi connectivity index (χ2v) is 3.98. The molecule has 0 spiro atoms. The lowest BCUT2D eigenvalue weighted by molar-refractivity contribution is 0.204. The van der Waals surface area contributed by atoms with Gasteiger partial charge in [-0.3, -0.25) is 5.41 Å². The number of likely N-dealkylation sites (tertiary alicyclic amines) is 1. The van der Waals surface area contributed by atoms with E-state index in [-0.39, 0.29) is 17.9 Å². The fourth-order valence-electron chi connectivity index (χ4n) is 1.75. The summed E-state index contributed by atoms with van der Waals surface area (Å²) in [6.07, 6.45) is 3.43. The van der Waals surface area contributed by atoms with Gasteiger partial charge in [-0.15, -0.1) is 0 Å². The summed E-state index contributed by atoms with van der Waals surface area (Å²) in [5.74, 6) is 0.128. The number of nitrogens with zero attached hydrogens (tertiary/aromatic N) is 1. The summed E-state index contributed by atoms with van der Waals surface area (Å²) in [6.45, 7) is 3.68. The number of nitrogens with two attached hydrogens (primary N) is 1. The van der Waals surface area contributed by atoms with Gasteiger partial charge in [-0.1, -0.05) is 6.92 Å². The Labute approximate surface area is 90.5 Å². The van der Waals surface area contributed by atoms with Crippen LogP contribution >= 0.6 is 0 Å². The van der Waals surface area contributed by atoms with E-state index in [1.165, 1.54) is 0 Å². The molecule has 1 aliphatic rings. The third-order valence-corrected chi connectivity index (χ3v) is 2.68. The Morgan fingerprint density at radius 2 is 2.13 bits per heavy atom. The standard InChI is InChI=1S/C10H20N4O/c1-2-8(7-9(11)12)13-10(15)14-5-3-4-6-14/h8H,2-7H2,1H3,(H3,11,12)(H,13,15). The largest absolute Gasteiger partial charge is 0.388 e. The van der Waals surface area contributed by atoms with Crippen LogP contribution in [0.5, 0.6) is 0 Å². The van der Waals surface area contributed by atoms with E-state index in [9.17, 15) is 4.79 Å². The molecule has 1 saturated heterocycles. The van der Waals surface area contributed by atoms with Crippen molar-refractivity contribution in [3.8, 4) is 0 Å². The molecule has 0 saturated carbocycles. The van der Waals surface area contributed by atoms with Crippen molar-refractivity contribution in [1.82, 2.24) is 10.2 Å². The maximum absolute atomic E-state index is 11.7. The molecule has 1 aliphatic heterocycles. The fourth-order valence-corrected chi connectivity index (χ4v) is 1.75. The van der Waals surface area contributed by atoms with Crippen LogP contribution in [0.2, 0.25) is 0 Å². The van der Waals surface area contributed by atoms with Gasteiger partial charge in [0, 0.05) is 25.6 Å². The topological polar surface area (TPSA) is 82.2 Å². The minimum absolute atomic E-state index is 0.00407.